The molecule has 3 nitrogen and oxygen atoms in total. The van der Waals surface area contributed by atoms with Gasteiger partial charge in [-0.3, -0.25) is 4.79 Å². The van der Waals surface area contributed by atoms with E-state index in [2.05, 4.69) is 10.6 Å². The van der Waals surface area contributed by atoms with Crippen LogP contribution >= 0.6 is 11.6 Å². The van der Waals surface area contributed by atoms with E-state index in [-0.39, 0.29) is 5.91 Å². The number of benzene rings is 1. The second-order valence-electron chi connectivity index (χ2n) is 5.81. The first-order chi connectivity index (χ1) is 10.2. The Morgan fingerprint density at radius 3 is 2.43 bits per heavy atom. The van der Waals surface area contributed by atoms with Gasteiger partial charge in [0.1, 0.15) is 0 Å². The fourth-order valence-corrected chi connectivity index (χ4v) is 2.89. The molecule has 1 fully saturated rings. The van der Waals surface area contributed by atoms with Gasteiger partial charge in [0, 0.05) is 30.6 Å². The molecule has 21 heavy (non-hydrogen) atoms. The molecule has 0 spiro atoms. The molecular weight excluding hydrogens is 284 g/mol. The SMILES string of the molecule is O=C(CCNCc1ccc(Cl)cc1)NC1CCCCCC1. The molecule has 0 aliphatic heterocycles. The zero-order valence-electron chi connectivity index (χ0n) is 12.5. The molecule has 2 rings (SSSR count). The Balaban J connectivity index is 1.59. The van der Waals surface area contributed by atoms with Crippen molar-refractivity contribution in [1.29, 1.82) is 0 Å². The van der Waals surface area contributed by atoms with E-state index in [0.29, 0.717) is 19.0 Å². The summed E-state index contributed by atoms with van der Waals surface area (Å²) in [5.74, 6) is 0.172. The third-order valence-corrected chi connectivity index (χ3v) is 4.24. The lowest BCUT2D eigenvalue weighted by Gasteiger charge is -2.16. The van der Waals surface area contributed by atoms with Gasteiger partial charge in [0.25, 0.3) is 0 Å². The summed E-state index contributed by atoms with van der Waals surface area (Å²) in [4.78, 5) is 11.9. The van der Waals surface area contributed by atoms with Crippen molar-refractivity contribution in [2.75, 3.05) is 6.54 Å². The van der Waals surface area contributed by atoms with Crippen LogP contribution in [-0.4, -0.2) is 18.5 Å². The Morgan fingerprint density at radius 2 is 1.76 bits per heavy atom. The van der Waals surface area contributed by atoms with Crippen LogP contribution in [-0.2, 0) is 11.3 Å². The van der Waals surface area contributed by atoms with Gasteiger partial charge in [-0.2, -0.15) is 0 Å². The summed E-state index contributed by atoms with van der Waals surface area (Å²) < 4.78 is 0. The lowest BCUT2D eigenvalue weighted by atomic mass is 10.1. The first-order valence-electron chi connectivity index (χ1n) is 7.98. The van der Waals surface area contributed by atoms with Gasteiger partial charge in [-0.05, 0) is 30.5 Å². The summed E-state index contributed by atoms with van der Waals surface area (Å²) in [7, 11) is 0. The smallest absolute Gasteiger partial charge is 0.221 e. The van der Waals surface area contributed by atoms with Gasteiger partial charge in [0.2, 0.25) is 5.91 Å². The second-order valence-corrected chi connectivity index (χ2v) is 6.25. The molecule has 1 aromatic rings. The van der Waals surface area contributed by atoms with Crippen molar-refractivity contribution < 1.29 is 4.79 Å². The summed E-state index contributed by atoms with van der Waals surface area (Å²) in [5.41, 5.74) is 1.18. The lowest BCUT2D eigenvalue weighted by Crippen LogP contribution is -2.35. The highest BCUT2D eigenvalue weighted by Gasteiger charge is 2.14. The Morgan fingerprint density at radius 1 is 1.10 bits per heavy atom. The largest absolute Gasteiger partial charge is 0.353 e. The predicted octanol–water partition coefficient (Wildman–Crippen LogP) is 3.66. The standard InChI is InChI=1S/C17H25ClN2O/c18-15-9-7-14(8-10-15)13-19-12-11-17(21)20-16-5-3-1-2-4-6-16/h7-10,16,19H,1-6,11-13H2,(H,20,21). The van der Waals surface area contributed by atoms with Crippen LogP contribution < -0.4 is 10.6 Å². The Kier molecular flexibility index (Phi) is 7.04. The van der Waals surface area contributed by atoms with Gasteiger partial charge in [0.15, 0.2) is 0 Å². The maximum Gasteiger partial charge on any atom is 0.221 e. The molecule has 0 saturated heterocycles. The third-order valence-electron chi connectivity index (χ3n) is 3.99. The zero-order chi connectivity index (χ0) is 14.9. The quantitative estimate of drug-likeness (QED) is 0.622. The van der Waals surface area contributed by atoms with E-state index in [0.717, 1.165) is 24.4 Å². The highest BCUT2D eigenvalue weighted by atomic mass is 35.5. The normalized spacial score (nSPS) is 16.4. The van der Waals surface area contributed by atoms with Crippen molar-refractivity contribution in [3.63, 3.8) is 0 Å². The molecular formula is C17H25ClN2O. The van der Waals surface area contributed by atoms with E-state index >= 15 is 0 Å². The number of halogens is 1. The monoisotopic (exact) mass is 308 g/mol. The minimum atomic E-state index is 0.172. The summed E-state index contributed by atoms with van der Waals surface area (Å²) in [5, 5.41) is 7.22. The van der Waals surface area contributed by atoms with E-state index in [1.165, 1.54) is 31.2 Å². The van der Waals surface area contributed by atoms with Crippen LogP contribution in [0.25, 0.3) is 0 Å². The van der Waals surface area contributed by atoms with Crippen LogP contribution in [0.1, 0.15) is 50.5 Å². The van der Waals surface area contributed by atoms with E-state index in [4.69, 9.17) is 11.6 Å². The van der Waals surface area contributed by atoms with Crippen LogP contribution in [0.2, 0.25) is 5.02 Å². The molecule has 0 atom stereocenters. The molecule has 0 unspecified atom stereocenters. The average Bonchev–Trinajstić information content (AvgIpc) is 2.74. The molecule has 1 saturated carbocycles. The molecule has 0 heterocycles. The third kappa shape index (κ3) is 6.49. The van der Waals surface area contributed by atoms with E-state index < -0.39 is 0 Å². The number of rotatable bonds is 6. The van der Waals surface area contributed by atoms with Crippen molar-refractivity contribution in [3.8, 4) is 0 Å². The van der Waals surface area contributed by atoms with E-state index in [9.17, 15) is 4.79 Å². The van der Waals surface area contributed by atoms with Crippen LogP contribution in [0, 0.1) is 0 Å². The first kappa shape index (κ1) is 16.3. The molecule has 0 bridgehead atoms. The number of amides is 1. The van der Waals surface area contributed by atoms with Gasteiger partial charge < -0.3 is 10.6 Å². The molecule has 2 N–H and O–H groups in total. The summed E-state index contributed by atoms with van der Waals surface area (Å²) in [6.45, 7) is 1.48. The topological polar surface area (TPSA) is 41.1 Å². The Labute approximate surface area is 132 Å². The van der Waals surface area contributed by atoms with Crippen molar-refractivity contribution in [2.24, 2.45) is 0 Å². The number of hydrogen-bond acceptors (Lipinski definition) is 2. The van der Waals surface area contributed by atoms with Crippen LogP contribution in [0.5, 0.6) is 0 Å². The zero-order valence-corrected chi connectivity index (χ0v) is 13.3. The number of hydrogen-bond donors (Lipinski definition) is 2. The van der Waals surface area contributed by atoms with Gasteiger partial charge in [-0.1, -0.05) is 49.4 Å². The van der Waals surface area contributed by atoms with Crippen molar-refractivity contribution in [2.45, 2.75) is 57.5 Å². The Hall–Kier alpha value is -1.06. The molecule has 0 aromatic heterocycles. The number of carbonyl (C=O) groups excluding carboxylic acids is 1. The highest BCUT2D eigenvalue weighted by Crippen LogP contribution is 2.17. The van der Waals surface area contributed by atoms with Crippen LogP contribution in [0.15, 0.2) is 24.3 Å². The highest BCUT2D eigenvalue weighted by molar-refractivity contribution is 6.30. The molecule has 4 heteroatoms. The van der Waals surface area contributed by atoms with Crippen molar-refractivity contribution in [1.82, 2.24) is 10.6 Å². The number of carbonyl (C=O) groups is 1. The van der Waals surface area contributed by atoms with Crippen molar-refractivity contribution >= 4 is 17.5 Å². The fourth-order valence-electron chi connectivity index (χ4n) is 2.76. The molecule has 1 amide bonds. The minimum Gasteiger partial charge on any atom is -0.353 e. The molecule has 116 valence electrons. The summed E-state index contributed by atoms with van der Waals surface area (Å²) in [6, 6.07) is 8.17. The summed E-state index contributed by atoms with van der Waals surface area (Å²) in [6.07, 6.45) is 7.96. The van der Waals surface area contributed by atoms with E-state index in [1.54, 1.807) is 0 Å². The molecule has 1 aromatic carbocycles. The van der Waals surface area contributed by atoms with Crippen LogP contribution in [0.3, 0.4) is 0 Å². The molecule has 1 aliphatic carbocycles. The first-order valence-corrected chi connectivity index (χ1v) is 8.36. The molecule has 0 radical (unpaired) electrons. The van der Waals surface area contributed by atoms with Crippen molar-refractivity contribution in [3.05, 3.63) is 34.9 Å². The minimum absolute atomic E-state index is 0.172. The summed E-state index contributed by atoms with van der Waals surface area (Å²) >= 11 is 5.85. The van der Waals surface area contributed by atoms with Gasteiger partial charge in [0.05, 0.1) is 0 Å². The lowest BCUT2D eigenvalue weighted by molar-refractivity contribution is -0.121. The average molecular weight is 309 g/mol. The van der Waals surface area contributed by atoms with E-state index in [1.807, 2.05) is 24.3 Å². The Bertz CT molecular complexity index is 425. The predicted molar refractivity (Wildman–Crippen MR) is 87.4 cm³/mol. The van der Waals surface area contributed by atoms with Gasteiger partial charge >= 0.3 is 0 Å². The number of nitrogens with one attached hydrogen (secondary N) is 2. The molecule has 1 aliphatic rings. The maximum atomic E-state index is 11.9. The fraction of sp³-hybridized carbons (Fsp3) is 0.588. The second kappa shape index (κ2) is 9.06. The van der Waals surface area contributed by atoms with Gasteiger partial charge in [-0.25, -0.2) is 0 Å². The van der Waals surface area contributed by atoms with Gasteiger partial charge in [-0.15, -0.1) is 0 Å². The van der Waals surface area contributed by atoms with Crippen LogP contribution in [0.4, 0.5) is 0 Å². The maximum absolute atomic E-state index is 11.9.